The van der Waals surface area contributed by atoms with Crippen LogP contribution in [0.15, 0.2) is 10.6 Å². The number of carbonyl (C=O) groups is 2. The molecule has 0 aliphatic carbocycles. The zero-order valence-electron chi connectivity index (χ0n) is 13.3. The van der Waals surface area contributed by atoms with Gasteiger partial charge in [-0.25, -0.2) is 0 Å². The first-order valence-electron chi connectivity index (χ1n) is 7.35. The highest BCUT2D eigenvalue weighted by Gasteiger charge is 2.22. The molecule has 2 atom stereocenters. The Bertz CT molecular complexity index is 526. The number of amides is 2. The van der Waals surface area contributed by atoms with Crippen molar-refractivity contribution in [3.05, 3.63) is 11.8 Å². The molecule has 0 spiro atoms. The summed E-state index contributed by atoms with van der Waals surface area (Å²) in [6, 6.07) is 1.87. The first kappa shape index (κ1) is 19.8. The summed E-state index contributed by atoms with van der Waals surface area (Å²) in [6.07, 6.45) is 0.948. The van der Waals surface area contributed by atoms with Gasteiger partial charge in [0.05, 0.1) is 11.5 Å². The fourth-order valence-electron chi connectivity index (χ4n) is 2.32. The van der Waals surface area contributed by atoms with Gasteiger partial charge in [0.25, 0.3) is 0 Å². The Kier molecular flexibility index (Phi) is 8.43. The number of anilines is 1. The number of rotatable bonds is 6. The highest BCUT2D eigenvalue weighted by atomic mass is 35.5. The number of aromatic nitrogens is 1. The standard InChI is InChI=1S/C14H22N4O3S.ClH/c1-9-6-15-4-3-11(9)16-13(19)7-22-8-14(20)17-12-5-10(2)21-18-12;/h5,9,11,15H,3-4,6-8H2,1-2H3,(H,16,19)(H,17,18,20);1H. The van der Waals surface area contributed by atoms with Gasteiger partial charge in [-0.1, -0.05) is 12.1 Å². The predicted molar refractivity (Wildman–Crippen MR) is 93.0 cm³/mol. The van der Waals surface area contributed by atoms with Crippen LogP contribution in [0, 0.1) is 12.8 Å². The molecule has 1 aliphatic rings. The summed E-state index contributed by atoms with van der Waals surface area (Å²) < 4.78 is 4.86. The molecule has 7 nitrogen and oxygen atoms in total. The largest absolute Gasteiger partial charge is 0.360 e. The van der Waals surface area contributed by atoms with Crippen molar-refractivity contribution >= 4 is 41.8 Å². The fraction of sp³-hybridized carbons (Fsp3) is 0.643. The molecule has 3 N–H and O–H groups in total. The van der Waals surface area contributed by atoms with E-state index in [1.54, 1.807) is 13.0 Å². The SMILES string of the molecule is Cc1cc(NC(=O)CSCC(=O)NC2CCNCC2C)no1.Cl. The summed E-state index contributed by atoms with van der Waals surface area (Å²) in [4.78, 5) is 23.6. The lowest BCUT2D eigenvalue weighted by atomic mass is 9.95. The normalized spacial score (nSPS) is 20.4. The Morgan fingerprint density at radius 3 is 2.83 bits per heavy atom. The number of nitrogens with zero attached hydrogens (tertiary/aromatic N) is 1. The van der Waals surface area contributed by atoms with Crippen molar-refractivity contribution in [2.45, 2.75) is 26.3 Å². The van der Waals surface area contributed by atoms with Crippen LogP contribution in [0.5, 0.6) is 0 Å². The van der Waals surface area contributed by atoms with Crippen LogP contribution in [-0.4, -0.2) is 47.6 Å². The van der Waals surface area contributed by atoms with E-state index in [0.717, 1.165) is 19.5 Å². The maximum Gasteiger partial charge on any atom is 0.235 e. The van der Waals surface area contributed by atoms with Crippen molar-refractivity contribution < 1.29 is 14.1 Å². The van der Waals surface area contributed by atoms with Crippen molar-refractivity contribution in [2.24, 2.45) is 5.92 Å². The molecule has 2 amide bonds. The summed E-state index contributed by atoms with van der Waals surface area (Å²) in [6.45, 7) is 5.74. The molecule has 2 unspecified atom stereocenters. The quantitative estimate of drug-likeness (QED) is 0.703. The van der Waals surface area contributed by atoms with Crippen molar-refractivity contribution in [1.82, 2.24) is 15.8 Å². The van der Waals surface area contributed by atoms with Crippen molar-refractivity contribution in [3.63, 3.8) is 0 Å². The first-order valence-corrected chi connectivity index (χ1v) is 8.51. The zero-order valence-corrected chi connectivity index (χ0v) is 14.9. The van der Waals surface area contributed by atoms with Crippen LogP contribution >= 0.6 is 24.2 Å². The summed E-state index contributed by atoms with van der Waals surface area (Å²) >= 11 is 1.29. The number of nitrogens with one attached hydrogen (secondary N) is 3. The number of carbonyl (C=O) groups excluding carboxylic acids is 2. The molecule has 0 aromatic carbocycles. The van der Waals surface area contributed by atoms with E-state index >= 15 is 0 Å². The van der Waals surface area contributed by atoms with Crippen molar-refractivity contribution in [2.75, 3.05) is 29.9 Å². The molecule has 1 aromatic heterocycles. The second-order valence-electron chi connectivity index (χ2n) is 5.51. The van der Waals surface area contributed by atoms with Gasteiger partial charge >= 0.3 is 0 Å². The van der Waals surface area contributed by atoms with Crippen LogP contribution in [0.25, 0.3) is 0 Å². The van der Waals surface area contributed by atoms with Gasteiger partial charge in [0.1, 0.15) is 5.76 Å². The van der Waals surface area contributed by atoms with Gasteiger partial charge in [-0.3, -0.25) is 9.59 Å². The summed E-state index contributed by atoms with van der Waals surface area (Å²) in [5, 5.41) is 12.6. The second kappa shape index (κ2) is 9.79. The van der Waals surface area contributed by atoms with Crippen LogP contribution in [0.4, 0.5) is 5.82 Å². The number of thioether (sulfide) groups is 1. The minimum atomic E-state index is -0.193. The Morgan fingerprint density at radius 1 is 1.43 bits per heavy atom. The molecule has 1 aliphatic heterocycles. The molecule has 23 heavy (non-hydrogen) atoms. The van der Waals surface area contributed by atoms with Gasteiger partial charge in [0, 0.05) is 12.1 Å². The molecule has 1 fully saturated rings. The molecular formula is C14H23ClN4O3S. The average Bonchev–Trinajstić information content (AvgIpc) is 2.86. The summed E-state index contributed by atoms with van der Waals surface area (Å²) in [5.41, 5.74) is 0. The number of piperidine rings is 1. The number of halogens is 1. The zero-order chi connectivity index (χ0) is 15.9. The molecule has 2 heterocycles. The molecule has 0 radical (unpaired) electrons. The summed E-state index contributed by atoms with van der Waals surface area (Å²) in [5.74, 6) is 1.74. The molecule has 2 rings (SSSR count). The van der Waals surface area contributed by atoms with Crippen LogP contribution in [-0.2, 0) is 9.59 Å². The van der Waals surface area contributed by atoms with E-state index < -0.39 is 0 Å². The van der Waals surface area contributed by atoms with Gasteiger partial charge in [-0.05, 0) is 32.4 Å². The van der Waals surface area contributed by atoms with Crippen LogP contribution in [0.1, 0.15) is 19.1 Å². The van der Waals surface area contributed by atoms with E-state index in [4.69, 9.17) is 4.52 Å². The van der Waals surface area contributed by atoms with E-state index in [9.17, 15) is 9.59 Å². The minimum absolute atomic E-state index is 0. The van der Waals surface area contributed by atoms with Gasteiger partial charge < -0.3 is 20.5 Å². The third kappa shape index (κ3) is 6.80. The highest BCUT2D eigenvalue weighted by Crippen LogP contribution is 2.11. The van der Waals surface area contributed by atoms with E-state index in [1.165, 1.54) is 11.8 Å². The fourth-order valence-corrected chi connectivity index (χ4v) is 2.95. The second-order valence-corrected chi connectivity index (χ2v) is 6.49. The van der Waals surface area contributed by atoms with E-state index in [0.29, 0.717) is 17.5 Å². The monoisotopic (exact) mass is 362 g/mol. The molecule has 1 saturated heterocycles. The Morgan fingerprint density at radius 2 is 2.17 bits per heavy atom. The molecule has 0 saturated carbocycles. The van der Waals surface area contributed by atoms with Crippen LogP contribution in [0.2, 0.25) is 0 Å². The number of hydrogen-bond donors (Lipinski definition) is 3. The van der Waals surface area contributed by atoms with Gasteiger partial charge in [-0.15, -0.1) is 24.2 Å². The molecule has 9 heteroatoms. The Balaban J connectivity index is 0.00000264. The predicted octanol–water partition coefficient (Wildman–Crippen LogP) is 1.19. The highest BCUT2D eigenvalue weighted by molar-refractivity contribution is 8.00. The molecule has 1 aromatic rings. The number of aryl methyl sites for hydroxylation is 1. The van der Waals surface area contributed by atoms with Gasteiger partial charge in [0.2, 0.25) is 11.8 Å². The third-order valence-corrected chi connectivity index (χ3v) is 4.43. The van der Waals surface area contributed by atoms with Crippen LogP contribution in [0.3, 0.4) is 0 Å². The van der Waals surface area contributed by atoms with Crippen molar-refractivity contribution in [3.8, 4) is 0 Å². The van der Waals surface area contributed by atoms with E-state index in [1.807, 2.05) is 0 Å². The summed E-state index contributed by atoms with van der Waals surface area (Å²) in [7, 11) is 0. The molecular weight excluding hydrogens is 340 g/mol. The lowest BCUT2D eigenvalue weighted by Gasteiger charge is -2.30. The van der Waals surface area contributed by atoms with Crippen LogP contribution < -0.4 is 16.0 Å². The van der Waals surface area contributed by atoms with E-state index in [2.05, 4.69) is 28.0 Å². The maximum atomic E-state index is 11.9. The lowest BCUT2D eigenvalue weighted by Crippen LogP contribution is -2.48. The maximum absolute atomic E-state index is 11.9. The molecule has 130 valence electrons. The Labute approximate surface area is 146 Å². The lowest BCUT2D eigenvalue weighted by molar-refractivity contribution is -0.119. The molecule has 0 bridgehead atoms. The van der Waals surface area contributed by atoms with E-state index in [-0.39, 0.29) is 41.8 Å². The van der Waals surface area contributed by atoms with Gasteiger partial charge in [-0.2, -0.15) is 0 Å². The third-order valence-electron chi connectivity index (χ3n) is 3.49. The smallest absolute Gasteiger partial charge is 0.235 e. The Hall–Kier alpha value is -1.25. The van der Waals surface area contributed by atoms with Gasteiger partial charge in [0.15, 0.2) is 5.82 Å². The van der Waals surface area contributed by atoms with Crippen molar-refractivity contribution in [1.29, 1.82) is 0 Å². The first-order chi connectivity index (χ1) is 10.5. The average molecular weight is 363 g/mol. The minimum Gasteiger partial charge on any atom is -0.360 e. The topological polar surface area (TPSA) is 96.3 Å². The number of hydrogen-bond acceptors (Lipinski definition) is 6.